The first-order chi connectivity index (χ1) is 11.2. The molecule has 0 aliphatic carbocycles. The molecule has 23 heavy (non-hydrogen) atoms. The Labute approximate surface area is 136 Å². The summed E-state index contributed by atoms with van der Waals surface area (Å²) < 4.78 is 10.5. The molecule has 2 aromatic carbocycles. The maximum Gasteiger partial charge on any atom is 0.338 e. The van der Waals surface area contributed by atoms with Crippen LogP contribution in [0, 0.1) is 0 Å². The number of hydrogen-bond donors (Lipinski definition) is 1. The van der Waals surface area contributed by atoms with Crippen molar-refractivity contribution >= 4 is 5.97 Å². The van der Waals surface area contributed by atoms with E-state index in [4.69, 9.17) is 14.6 Å². The molecule has 2 aromatic rings. The summed E-state index contributed by atoms with van der Waals surface area (Å²) in [6, 6.07) is 15.1. The number of aliphatic hydroxyl groups is 1. The molecule has 0 saturated carbocycles. The number of aliphatic hydroxyl groups excluding tert-OH is 1. The lowest BCUT2D eigenvalue weighted by atomic mass is 10.0. The van der Waals surface area contributed by atoms with Crippen molar-refractivity contribution in [3.63, 3.8) is 0 Å². The zero-order chi connectivity index (χ0) is 16.5. The molecule has 0 heterocycles. The highest BCUT2D eigenvalue weighted by Gasteiger charge is 2.07. The summed E-state index contributed by atoms with van der Waals surface area (Å²) in [5, 5.41) is 8.66. The molecular formula is C19H22O4. The van der Waals surface area contributed by atoms with Crippen molar-refractivity contribution in [2.45, 2.75) is 19.8 Å². The smallest absolute Gasteiger partial charge is 0.338 e. The van der Waals surface area contributed by atoms with Crippen LogP contribution in [0.4, 0.5) is 0 Å². The quantitative estimate of drug-likeness (QED) is 0.596. The summed E-state index contributed by atoms with van der Waals surface area (Å²) in [6.07, 6.45) is 2.17. The van der Waals surface area contributed by atoms with Gasteiger partial charge in [0, 0.05) is 0 Å². The highest BCUT2D eigenvalue weighted by Crippen LogP contribution is 2.23. The highest BCUT2D eigenvalue weighted by molar-refractivity contribution is 5.90. The Hall–Kier alpha value is -2.33. The minimum absolute atomic E-state index is 0.0140. The van der Waals surface area contributed by atoms with Crippen LogP contribution in [-0.2, 0) is 4.74 Å². The average molecular weight is 314 g/mol. The van der Waals surface area contributed by atoms with Gasteiger partial charge in [-0.25, -0.2) is 4.79 Å². The van der Waals surface area contributed by atoms with Gasteiger partial charge in [-0.3, -0.25) is 0 Å². The molecule has 0 atom stereocenters. The zero-order valence-electron chi connectivity index (χ0n) is 13.3. The monoisotopic (exact) mass is 314 g/mol. The molecule has 0 spiro atoms. The van der Waals surface area contributed by atoms with Crippen LogP contribution in [0.2, 0.25) is 0 Å². The van der Waals surface area contributed by atoms with E-state index in [1.165, 1.54) is 0 Å². The Bertz CT molecular complexity index is 602. The summed E-state index contributed by atoms with van der Waals surface area (Å²) in [5.74, 6) is 0.441. The summed E-state index contributed by atoms with van der Waals surface area (Å²) in [4.78, 5) is 11.7. The Morgan fingerprint density at radius 1 is 0.957 bits per heavy atom. The number of rotatable bonds is 8. The van der Waals surface area contributed by atoms with Crippen molar-refractivity contribution < 1.29 is 19.4 Å². The molecule has 0 bridgehead atoms. The van der Waals surface area contributed by atoms with Gasteiger partial charge in [-0.15, -0.1) is 0 Å². The van der Waals surface area contributed by atoms with Gasteiger partial charge >= 0.3 is 5.97 Å². The average Bonchev–Trinajstić information content (AvgIpc) is 2.61. The molecule has 0 aromatic heterocycles. The first kappa shape index (κ1) is 17.0. The highest BCUT2D eigenvalue weighted by atomic mass is 16.5. The number of benzene rings is 2. The summed E-state index contributed by atoms with van der Waals surface area (Å²) in [6.45, 7) is 2.72. The molecule has 0 unspecified atom stereocenters. The van der Waals surface area contributed by atoms with E-state index in [0.29, 0.717) is 5.56 Å². The van der Waals surface area contributed by atoms with Crippen LogP contribution in [0.3, 0.4) is 0 Å². The van der Waals surface area contributed by atoms with E-state index in [9.17, 15) is 4.79 Å². The molecule has 0 saturated heterocycles. The number of unbranched alkanes of at least 4 members (excludes halogenated alkanes) is 1. The van der Waals surface area contributed by atoms with Crippen molar-refractivity contribution in [1.82, 2.24) is 0 Å². The second kappa shape index (κ2) is 8.96. The molecule has 0 fully saturated rings. The zero-order valence-corrected chi connectivity index (χ0v) is 13.3. The predicted molar refractivity (Wildman–Crippen MR) is 89.6 cm³/mol. The second-order valence-electron chi connectivity index (χ2n) is 5.16. The molecule has 0 amide bonds. The summed E-state index contributed by atoms with van der Waals surface area (Å²) in [7, 11) is 0. The minimum Gasteiger partial charge on any atom is -0.494 e. The molecule has 1 N–H and O–H groups in total. The maximum absolute atomic E-state index is 11.7. The van der Waals surface area contributed by atoms with Crippen LogP contribution >= 0.6 is 0 Å². The normalized spacial score (nSPS) is 10.3. The molecule has 122 valence electrons. The molecular weight excluding hydrogens is 292 g/mol. The third kappa shape index (κ3) is 5.11. The molecule has 4 nitrogen and oxygen atoms in total. The van der Waals surface area contributed by atoms with Crippen molar-refractivity contribution in [2.24, 2.45) is 0 Å². The molecule has 2 rings (SSSR count). The Morgan fingerprint density at radius 2 is 1.57 bits per heavy atom. The van der Waals surface area contributed by atoms with Crippen LogP contribution in [-0.4, -0.2) is 30.9 Å². The standard InChI is InChI=1S/C19H22O4/c1-2-3-13-22-18-10-8-16(9-11-18)15-4-6-17(7-5-15)19(21)23-14-12-20/h4-11,20H,2-3,12-14H2,1H3. The Balaban J connectivity index is 2.00. The van der Waals surface area contributed by atoms with E-state index in [2.05, 4.69) is 6.92 Å². The second-order valence-corrected chi connectivity index (χ2v) is 5.16. The van der Waals surface area contributed by atoms with Crippen molar-refractivity contribution in [1.29, 1.82) is 0 Å². The van der Waals surface area contributed by atoms with E-state index in [0.717, 1.165) is 36.3 Å². The predicted octanol–water partition coefficient (Wildman–Crippen LogP) is 3.68. The first-order valence-electron chi connectivity index (χ1n) is 7.86. The van der Waals surface area contributed by atoms with Crippen molar-refractivity contribution in [2.75, 3.05) is 19.8 Å². The van der Waals surface area contributed by atoms with Gasteiger partial charge in [-0.05, 0) is 41.8 Å². The summed E-state index contributed by atoms with van der Waals surface area (Å²) >= 11 is 0. The van der Waals surface area contributed by atoms with Gasteiger partial charge < -0.3 is 14.6 Å². The number of hydrogen-bond acceptors (Lipinski definition) is 4. The SMILES string of the molecule is CCCCOc1ccc(-c2ccc(C(=O)OCCO)cc2)cc1. The van der Waals surface area contributed by atoms with Crippen LogP contribution < -0.4 is 4.74 Å². The fraction of sp³-hybridized carbons (Fsp3) is 0.316. The van der Waals surface area contributed by atoms with E-state index in [1.54, 1.807) is 12.1 Å². The van der Waals surface area contributed by atoms with Gasteiger partial charge in [0.05, 0.1) is 18.8 Å². The third-order valence-corrected chi connectivity index (χ3v) is 3.40. The van der Waals surface area contributed by atoms with Gasteiger partial charge in [0.25, 0.3) is 0 Å². The van der Waals surface area contributed by atoms with E-state index >= 15 is 0 Å². The summed E-state index contributed by atoms with van der Waals surface area (Å²) in [5.41, 5.74) is 2.55. The van der Waals surface area contributed by atoms with Gasteiger partial charge in [0.1, 0.15) is 12.4 Å². The lowest BCUT2D eigenvalue weighted by molar-refractivity contribution is 0.0434. The van der Waals surface area contributed by atoms with E-state index < -0.39 is 5.97 Å². The van der Waals surface area contributed by atoms with E-state index in [1.807, 2.05) is 36.4 Å². The molecule has 0 aliphatic rings. The minimum atomic E-state index is -0.426. The largest absolute Gasteiger partial charge is 0.494 e. The number of carbonyl (C=O) groups excluding carboxylic acids is 1. The van der Waals surface area contributed by atoms with Crippen molar-refractivity contribution in [3.8, 4) is 16.9 Å². The Morgan fingerprint density at radius 3 is 2.13 bits per heavy atom. The van der Waals surface area contributed by atoms with E-state index in [-0.39, 0.29) is 13.2 Å². The third-order valence-electron chi connectivity index (χ3n) is 3.40. The lowest BCUT2D eigenvalue weighted by Gasteiger charge is -2.07. The van der Waals surface area contributed by atoms with Gasteiger partial charge in [-0.1, -0.05) is 37.6 Å². The van der Waals surface area contributed by atoms with Crippen LogP contribution in [0.15, 0.2) is 48.5 Å². The van der Waals surface area contributed by atoms with Gasteiger partial charge in [-0.2, -0.15) is 0 Å². The Kier molecular flexibility index (Phi) is 6.63. The van der Waals surface area contributed by atoms with Crippen molar-refractivity contribution in [3.05, 3.63) is 54.1 Å². The van der Waals surface area contributed by atoms with Gasteiger partial charge in [0.15, 0.2) is 0 Å². The molecule has 4 heteroatoms. The topological polar surface area (TPSA) is 55.8 Å². The lowest BCUT2D eigenvalue weighted by Crippen LogP contribution is -2.08. The molecule has 0 radical (unpaired) electrons. The first-order valence-corrected chi connectivity index (χ1v) is 7.86. The van der Waals surface area contributed by atoms with Gasteiger partial charge in [0.2, 0.25) is 0 Å². The fourth-order valence-electron chi connectivity index (χ4n) is 2.10. The maximum atomic E-state index is 11.7. The number of esters is 1. The number of carbonyl (C=O) groups is 1. The number of ether oxygens (including phenoxy) is 2. The van der Waals surface area contributed by atoms with Crippen LogP contribution in [0.1, 0.15) is 30.1 Å². The fourth-order valence-corrected chi connectivity index (χ4v) is 2.10. The molecule has 0 aliphatic heterocycles. The van der Waals surface area contributed by atoms with Crippen LogP contribution in [0.5, 0.6) is 5.75 Å². The van der Waals surface area contributed by atoms with Crippen LogP contribution in [0.25, 0.3) is 11.1 Å².